The van der Waals surface area contributed by atoms with Crippen LogP contribution >= 0.6 is 27.5 Å². The zero-order valence-electron chi connectivity index (χ0n) is 11.4. The third-order valence-electron chi connectivity index (χ3n) is 2.86. The molecular formula is C14H14BrClN2O2. The quantitative estimate of drug-likeness (QED) is 0.771. The molecule has 6 heteroatoms. The summed E-state index contributed by atoms with van der Waals surface area (Å²) in [6, 6.07) is 5.53. The molecule has 0 fully saturated rings. The maximum atomic E-state index is 6.13. The monoisotopic (exact) mass is 356 g/mol. The van der Waals surface area contributed by atoms with Crippen LogP contribution in [0.5, 0.6) is 11.5 Å². The van der Waals surface area contributed by atoms with E-state index in [1.54, 1.807) is 14.2 Å². The Morgan fingerprint density at radius 2 is 1.85 bits per heavy atom. The van der Waals surface area contributed by atoms with Crippen LogP contribution in [0.25, 0.3) is 11.4 Å². The van der Waals surface area contributed by atoms with Gasteiger partial charge in [0.05, 0.1) is 24.4 Å². The first-order valence-corrected chi connectivity index (χ1v) is 7.22. The smallest absolute Gasteiger partial charge is 0.161 e. The normalized spacial score (nSPS) is 10.4. The molecule has 1 aromatic heterocycles. The summed E-state index contributed by atoms with van der Waals surface area (Å²) in [7, 11) is 3.19. The molecule has 0 atom stereocenters. The van der Waals surface area contributed by atoms with Crippen LogP contribution in [0.1, 0.15) is 12.6 Å². The summed E-state index contributed by atoms with van der Waals surface area (Å²) in [6.45, 7) is 2.02. The molecule has 1 aromatic carbocycles. The van der Waals surface area contributed by atoms with Crippen LogP contribution in [0.3, 0.4) is 0 Å². The zero-order chi connectivity index (χ0) is 14.7. The van der Waals surface area contributed by atoms with Gasteiger partial charge >= 0.3 is 0 Å². The Morgan fingerprint density at radius 1 is 1.15 bits per heavy atom. The van der Waals surface area contributed by atoms with Crippen molar-refractivity contribution in [2.75, 3.05) is 14.2 Å². The highest BCUT2D eigenvalue weighted by Gasteiger charge is 2.13. The van der Waals surface area contributed by atoms with Gasteiger partial charge in [0.2, 0.25) is 0 Å². The number of hydrogen-bond donors (Lipinski definition) is 0. The molecule has 0 spiro atoms. The maximum absolute atomic E-state index is 6.13. The lowest BCUT2D eigenvalue weighted by Gasteiger charge is -2.10. The van der Waals surface area contributed by atoms with Crippen molar-refractivity contribution in [2.24, 2.45) is 0 Å². The minimum absolute atomic E-state index is 0.404. The van der Waals surface area contributed by atoms with Gasteiger partial charge in [-0.15, -0.1) is 0 Å². The van der Waals surface area contributed by atoms with E-state index in [1.165, 1.54) is 0 Å². The number of rotatable bonds is 4. The average Bonchev–Trinajstić information content (AvgIpc) is 2.49. The Bertz CT molecular complexity index is 635. The number of methoxy groups -OCH3 is 2. The first-order chi connectivity index (χ1) is 9.60. The summed E-state index contributed by atoms with van der Waals surface area (Å²) in [5, 5.41) is 0.404. The molecule has 4 nitrogen and oxygen atoms in total. The van der Waals surface area contributed by atoms with Gasteiger partial charge in [-0.2, -0.15) is 0 Å². The van der Waals surface area contributed by atoms with Crippen LogP contribution < -0.4 is 9.47 Å². The molecule has 0 amide bonds. The number of benzene rings is 1. The fourth-order valence-electron chi connectivity index (χ4n) is 1.80. The number of aryl methyl sites for hydroxylation is 1. The van der Waals surface area contributed by atoms with Gasteiger partial charge in [0.15, 0.2) is 17.3 Å². The summed E-state index contributed by atoms with van der Waals surface area (Å²) >= 11 is 9.52. The lowest BCUT2D eigenvalue weighted by atomic mass is 10.2. The molecule has 0 radical (unpaired) electrons. The van der Waals surface area contributed by atoms with Crippen molar-refractivity contribution >= 4 is 27.5 Å². The van der Waals surface area contributed by atoms with E-state index in [0.717, 1.165) is 22.2 Å². The highest BCUT2D eigenvalue weighted by atomic mass is 79.9. The Balaban J connectivity index is 2.54. The molecule has 20 heavy (non-hydrogen) atoms. The number of nitrogens with zero attached hydrogens (tertiary/aromatic N) is 2. The summed E-state index contributed by atoms with van der Waals surface area (Å²) < 4.78 is 11.2. The van der Waals surface area contributed by atoms with E-state index >= 15 is 0 Å². The zero-order valence-corrected chi connectivity index (χ0v) is 13.7. The second-order valence-corrected chi connectivity index (χ2v) is 5.17. The molecule has 0 N–H and O–H groups in total. The fraction of sp³-hybridized carbons (Fsp3) is 0.286. The van der Waals surface area contributed by atoms with E-state index in [9.17, 15) is 0 Å². The van der Waals surface area contributed by atoms with Gasteiger partial charge in [-0.1, -0.05) is 18.5 Å². The molecule has 0 aliphatic heterocycles. The van der Waals surface area contributed by atoms with E-state index in [1.807, 2.05) is 25.1 Å². The van der Waals surface area contributed by atoms with Crippen molar-refractivity contribution in [1.29, 1.82) is 0 Å². The Hall–Kier alpha value is -1.33. The van der Waals surface area contributed by atoms with Crippen LogP contribution in [-0.4, -0.2) is 24.2 Å². The van der Waals surface area contributed by atoms with Gasteiger partial charge in [0.25, 0.3) is 0 Å². The van der Waals surface area contributed by atoms with Gasteiger partial charge in [-0.3, -0.25) is 0 Å². The Kier molecular flexibility index (Phi) is 4.83. The van der Waals surface area contributed by atoms with Crippen molar-refractivity contribution in [3.8, 4) is 22.9 Å². The predicted molar refractivity (Wildman–Crippen MR) is 82.7 cm³/mol. The third kappa shape index (κ3) is 2.88. The largest absolute Gasteiger partial charge is 0.493 e. The van der Waals surface area contributed by atoms with E-state index in [4.69, 9.17) is 21.1 Å². The van der Waals surface area contributed by atoms with Crippen molar-refractivity contribution in [1.82, 2.24) is 9.97 Å². The van der Waals surface area contributed by atoms with Crippen LogP contribution in [0, 0.1) is 0 Å². The molecule has 2 rings (SSSR count). The molecule has 0 bridgehead atoms. The molecule has 0 saturated heterocycles. The van der Waals surface area contributed by atoms with E-state index in [-0.39, 0.29) is 0 Å². The van der Waals surface area contributed by atoms with Gasteiger partial charge in [0, 0.05) is 5.56 Å². The summed E-state index contributed by atoms with van der Waals surface area (Å²) in [6.07, 6.45) is 0.767. The fourth-order valence-corrected chi connectivity index (χ4v) is 2.45. The minimum atomic E-state index is 0.404. The molecule has 0 aliphatic rings. The number of aromatic nitrogens is 2. The minimum Gasteiger partial charge on any atom is -0.493 e. The molecule has 0 aliphatic carbocycles. The van der Waals surface area contributed by atoms with Crippen LogP contribution in [0.15, 0.2) is 22.7 Å². The lowest BCUT2D eigenvalue weighted by Crippen LogP contribution is -1.98. The molecule has 106 valence electrons. The summed E-state index contributed by atoms with van der Waals surface area (Å²) in [5.74, 6) is 1.86. The first kappa shape index (κ1) is 15.1. The summed E-state index contributed by atoms with van der Waals surface area (Å²) in [4.78, 5) is 8.81. The lowest BCUT2D eigenvalue weighted by molar-refractivity contribution is 0.355. The standard InChI is InChI=1S/C14H14BrClN2O2/c1-4-9-12(15)13(16)18-14(17-9)8-5-6-10(19-2)11(7-8)20-3/h5-7H,4H2,1-3H3. The van der Waals surface area contributed by atoms with Gasteiger partial charge in [-0.25, -0.2) is 9.97 Å². The highest BCUT2D eigenvalue weighted by Crippen LogP contribution is 2.33. The Labute approximate surface area is 131 Å². The molecule has 0 unspecified atom stereocenters. The number of halogens is 2. The van der Waals surface area contributed by atoms with Gasteiger partial charge in [-0.05, 0) is 40.5 Å². The first-order valence-electron chi connectivity index (χ1n) is 6.05. The average molecular weight is 358 g/mol. The van der Waals surface area contributed by atoms with Gasteiger partial charge in [0.1, 0.15) is 5.15 Å². The van der Waals surface area contributed by atoms with Crippen molar-refractivity contribution in [3.05, 3.63) is 33.5 Å². The molecule has 0 saturated carbocycles. The second kappa shape index (κ2) is 6.41. The van der Waals surface area contributed by atoms with E-state index in [2.05, 4.69) is 25.9 Å². The van der Waals surface area contributed by atoms with E-state index in [0.29, 0.717) is 22.5 Å². The number of ether oxygens (including phenoxy) is 2. The highest BCUT2D eigenvalue weighted by molar-refractivity contribution is 9.10. The van der Waals surface area contributed by atoms with Crippen molar-refractivity contribution < 1.29 is 9.47 Å². The summed E-state index contributed by atoms with van der Waals surface area (Å²) in [5.41, 5.74) is 1.70. The second-order valence-electron chi connectivity index (χ2n) is 4.02. The SMILES string of the molecule is CCc1nc(-c2ccc(OC)c(OC)c2)nc(Cl)c1Br. The molecular weight excluding hydrogens is 344 g/mol. The van der Waals surface area contributed by atoms with Crippen molar-refractivity contribution in [2.45, 2.75) is 13.3 Å². The maximum Gasteiger partial charge on any atom is 0.161 e. The van der Waals surface area contributed by atoms with Gasteiger partial charge < -0.3 is 9.47 Å². The van der Waals surface area contributed by atoms with E-state index < -0.39 is 0 Å². The van der Waals surface area contributed by atoms with Crippen molar-refractivity contribution in [3.63, 3.8) is 0 Å². The predicted octanol–water partition coefficient (Wildman–Crippen LogP) is 4.14. The van der Waals surface area contributed by atoms with Crippen LogP contribution in [0.2, 0.25) is 5.15 Å². The molecule has 2 aromatic rings. The topological polar surface area (TPSA) is 44.2 Å². The number of hydrogen-bond acceptors (Lipinski definition) is 4. The Morgan fingerprint density at radius 3 is 2.45 bits per heavy atom. The molecule has 1 heterocycles. The van der Waals surface area contributed by atoms with Crippen LogP contribution in [-0.2, 0) is 6.42 Å². The van der Waals surface area contributed by atoms with Crippen LogP contribution in [0.4, 0.5) is 0 Å². The third-order valence-corrected chi connectivity index (χ3v) is 4.19.